The van der Waals surface area contributed by atoms with Gasteiger partial charge >= 0.3 is 0 Å². The van der Waals surface area contributed by atoms with E-state index in [1.165, 1.54) is 32.1 Å². The molecule has 0 bridgehead atoms. The second-order valence-electron chi connectivity index (χ2n) is 4.19. The summed E-state index contributed by atoms with van der Waals surface area (Å²) >= 11 is 0. The average Bonchev–Trinajstić information content (AvgIpc) is 2.28. The minimum absolute atomic E-state index is 0.337. The third kappa shape index (κ3) is 3.08. The molecule has 0 saturated heterocycles. The molecule has 1 heterocycles. The maximum atomic E-state index is 5.51. The molecule has 15 heavy (non-hydrogen) atoms. The number of nitrogens with two attached hydrogens (primary N) is 1. The molecule has 0 radical (unpaired) electrons. The Morgan fingerprint density at radius 2 is 2.13 bits per heavy atom. The van der Waals surface area contributed by atoms with Crippen LogP contribution in [0.15, 0.2) is 12.3 Å². The number of anilines is 2. The van der Waals surface area contributed by atoms with Gasteiger partial charge in [-0.3, -0.25) is 0 Å². The molecule has 1 aromatic heterocycles. The Hall–Kier alpha value is -1.32. The molecule has 3 N–H and O–H groups in total. The Morgan fingerprint density at radius 1 is 1.33 bits per heavy atom. The van der Waals surface area contributed by atoms with Gasteiger partial charge in [-0.2, -0.15) is 4.98 Å². The zero-order valence-electron chi connectivity index (χ0n) is 8.95. The van der Waals surface area contributed by atoms with Crippen LogP contribution in [0.4, 0.5) is 11.8 Å². The van der Waals surface area contributed by atoms with E-state index in [2.05, 4.69) is 15.3 Å². The van der Waals surface area contributed by atoms with Crippen molar-refractivity contribution in [3.05, 3.63) is 12.3 Å². The van der Waals surface area contributed by atoms with Crippen molar-refractivity contribution < 1.29 is 0 Å². The maximum Gasteiger partial charge on any atom is 0.221 e. The topological polar surface area (TPSA) is 63.8 Å². The van der Waals surface area contributed by atoms with Crippen molar-refractivity contribution in [2.75, 3.05) is 17.6 Å². The predicted octanol–water partition coefficient (Wildman–Crippen LogP) is 2.05. The van der Waals surface area contributed by atoms with Crippen molar-refractivity contribution in [3.8, 4) is 0 Å². The normalized spacial score (nSPS) is 17.6. The molecule has 4 heteroatoms. The maximum absolute atomic E-state index is 5.51. The van der Waals surface area contributed by atoms with Crippen molar-refractivity contribution >= 4 is 11.8 Å². The summed E-state index contributed by atoms with van der Waals surface area (Å²) in [6.07, 6.45) is 8.51. The van der Waals surface area contributed by atoms with E-state index in [9.17, 15) is 0 Å². The smallest absolute Gasteiger partial charge is 0.221 e. The largest absolute Gasteiger partial charge is 0.370 e. The fourth-order valence-corrected chi connectivity index (χ4v) is 2.11. The van der Waals surface area contributed by atoms with Crippen LogP contribution >= 0.6 is 0 Å². The molecule has 1 fully saturated rings. The highest BCUT2D eigenvalue weighted by molar-refractivity contribution is 5.37. The lowest BCUT2D eigenvalue weighted by Crippen LogP contribution is -2.17. The number of aromatic nitrogens is 2. The van der Waals surface area contributed by atoms with E-state index in [1.54, 1.807) is 6.20 Å². The number of hydrogen-bond donors (Lipinski definition) is 2. The van der Waals surface area contributed by atoms with Crippen LogP contribution in [0, 0.1) is 5.92 Å². The lowest BCUT2D eigenvalue weighted by Gasteiger charge is -2.21. The average molecular weight is 206 g/mol. The molecule has 0 atom stereocenters. The van der Waals surface area contributed by atoms with Crippen molar-refractivity contribution in [1.82, 2.24) is 9.97 Å². The molecule has 0 amide bonds. The predicted molar refractivity (Wildman–Crippen MR) is 61.5 cm³/mol. The van der Waals surface area contributed by atoms with Gasteiger partial charge in [-0.1, -0.05) is 19.3 Å². The monoisotopic (exact) mass is 206 g/mol. The lowest BCUT2D eigenvalue weighted by atomic mass is 9.89. The molecule has 82 valence electrons. The van der Waals surface area contributed by atoms with Gasteiger partial charge in [-0.15, -0.1) is 0 Å². The molecule has 0 spiro atoms. The Bertz CT molecular complexity index is 307. The fourth-order valence-electron chi connectivity index (χ4n) is 2.11. The van der Waals surface area contributed by atoms with Gasteiger partial charge in [-0.05, 0) is 24.8 Å². The first-order valence-corrected chi connectivity index (χ1v) is 5.67. The van der Waals surface area contributed by atoms with Crippen LogP contribution in [0.3, 0.4) is 0 Å². The first kappa shape index (κ1) is 10.2. The van der Waals surface area contributed by atoms with E-state index in [1.807, 2.05) is 6.07 Å². The van der Waals surface area contributed by atoms with Crippen LogP contribution in [0.1, 0.15) is 32.1 Å². The summed E-state index contributed by atoms with van der Waals surface area (Å²) in [5.41, 5.74) is 5.51. The summed E-state index contributed by atoms with van der Waals surface area (Å²) in [6.45, 7) is 1.01. The Kier molecular flexibility index (Phi) is 3.37. The Balaban J connectivity index is 1.81. The SMILES string of the molecule is Nc1nccc(NCC2CCCCC2)n1. The minimum atomic E-state index is 0.337. The summed E-state index contributed by atoms with van der Waals surface area (Å²) in [5, 5.41) is 3.32. The minimum Gasteiger partial charge on any atom is -0.370 e. The molecule has 0 aromatic carbocycles. The van der Waals surface area contributed by atoms with Crippen LogP contribution < -0.4 is 11.1 Å². The van der Waals surface area contributed by atoms with Crippen LogP contribution in [0.5, 0.6) is 0 Å². The molecule has 0 aliphatic heterocycles. The quantitative estimate of drug-likeness (QED) is 0.794. The molecular formula is C11H18N4. The van der Waals surface area contributed by atoms with Crippen LogP contribution in [0.25, 0.3) is 0 Å². The number of hydrogen-bond acceptors (Lipinski definition) is 4. The molecule has 1 aliphatic carbocycles. The third-order valence-electron chi connectivity index (χ3n) is 2.97. The highest BCUT2D eigenvalue weighted by Crippen LogP contribution is 2.23. The van der Waals surface area contributed by atoms with Gasteiger partial charge in [0, 0.05) is 12.7 Å². The number of rotatable bonds is 3. The number of nitrogen functional groups attached to an aromatic ring is 1. The summed E-state index contributed by atoms with van der Waals surface area (Å²) in [6, 6.07) is 1.86. The third-order valence-corrected chi connectivity index (χ3v) is 2.97. The zero-order valence-corrected chi connectivity index (χ0v) is 8.95. The number of nitrogens with one attached hydrogen (secondary N) is 1. The van der Waals surface area contributed by atoms with Crippen molar-refractivity contribution in [2.24, 2.45) is 5.92 Å². The number of nitrogens with zero attached hydrogens (tertiary/aromatic N) is 2. The molecule has 0 unspecified atom stereocenters. The summed E-state index contributed by atoms with van der Waals surface area (Å²) in [5.74, 6) is 1.98. The summed E-state index contributed by atoms with van der Waals surface area (Å²) in [7, 11) is 0. The highest BCUT2D eigenvalue weighted by atomic mass is 15.1. The Labute approximate surface area is 90.3 Å². The van der Waals surface area contributed by atoms with Gasteiger partial charge in [0.05, 0.1) is 0 Å². The molecule has 2 rings (SSSR count). The van der Waals surface area contributed by atoms with E-state index in [0.29, 0.717) is 5.95 Å². The van der Waals surface area contributed by atoms with E-state index < -0.39 is 0 Å². The first-order chi connectivity index (χ1) is 7.34. The van der Waals surface area contributed by atoms with Crippen LogP contribution in [-0.4, -0.2) is 16.5 Å². The molecule has 4 nitrogen and oxygen atoms in total. The standard InChI is InChI=1S/C11H18N4/c12-11-13-7-6-10(15-11)14-8-9-4-2-1-3-5-9/h6-7,9H,1-5,8H2,(H3,12,13,14,15). The van der Waals surface area contributed by atoms with Crippen molar-refractivity contribution in [2.45, 2.75) is 32.1 Å². The van der Waals surface area contributed by atoms with E-state index in [0.717, 1.165) is 18.3 Å². The Morgan fingerprint density at radius 3 is 2.87 bits per heavy atom. The van der Waals surface area contributed by atoms with E-state index >= 15 is 0 Å². The van der Waals surface area contributed by atoms with Crippen LogP contribution in [-0.2, 0) is 0 Å². The first-order valence-electron chi connectivity index (χ1n) is 5.67. The lowest BCUT2D eigenvalue weighted by molar-refractivity contribution is 0.373. The molecular weight excluding hydrogens is 188 g/mol. The zero-order chi connectivity index (χ0) is 10.5. The fraction of sp³-hybridized carbons (Fsp3) is 0.636. The van der Waals surface area contributed by atoms with Gasteiger partial charge in [0.2, 0.25) is 5.95 Å². The van der Waals surface area contributed by atoms with Gasteiger partial charge in [0.15, 0.2) is 0 Å². The second-order valence-corrected chi connectivity index (χ2v) is 4.19. The summed E-state index contributed by atoms with van der Waals surface area (Å²) < 4.78 is 0. The molecule has 1 saturated carbocycles. The van der Waals surface area contributed by atoms with Gasteiger partial charge in [-0.25, -0.2) is 4.98 Å². The van der Waals surface area contributed by atoms with Gasteiger partial charge < -0.3 is 11.1 Å². The van der Waals surface area contributed by atoms with Gasteiger partial charge in [0.1, 0.15) is 5.82 Å². The molecule has 1 aromatic rings. The second kappa shape index (κ2) is 4.96. The van der Waals surface area contributed by atoms with Crippen LogP contribution in [0.2, 0.25) is 0 Å². The van der Waals surface area contributed by atoms with Gasteiger partial charge in [0.25, 0.3) is 0 Å². The molecule has 1 aliphatic rings. The summed E-state index contributed by atoms with van der Waals surface area (Å²) in [4.78, 5) is 7.97. The highest BCUT2D eigenvalue weighted by Gasteiger charge is 2.12. The van der Waals surface area contributed by atoms with E-state index in [-0.39, 0.29) is 0 Å². The van der Waals surface area contributed by atoms with E-state index in [4.69, 9.17) is 5.73 Å². The van der Waals surface area contributed by atoms with Crippen molar-refractivity contribution in [1.29, 1.82) is 0 Å². The van der Waals surface area contributed by atoms with Crippen molar-refractivity contribution in [3.63, 3.8) is 0 Å².